The Bertz CT molecular complexity index is 529. The Balaban J connectivity index is 2.51. The molecule has 0 bridgehead atoms. The van der Waals surface area contributed by atoms with Crippen molar-refractivity contribution < 1.29 is 14.6 Å². The van der Waals surface area contributed by atoms with E-state index in [4.69, 9.17) is 4.74 Å². The number of carbonyl (C=O) groups excluding carboxylic acids is 1. The summed E-state index contributed by atoms with van der Waals surface area (Å²) >= 11 is 0. The van der Waals surface area contributed by atoms with Crippen molar-refractivity contribution >= 4 is 5.97 Å². The molecule has 2 aromatic carbocycles. The van der Waals surface area contributed by atoms with E-state index in [9.17, 15) is 9.90 Å². The first-order valence-electron chi connectivity index (χ1n) is 5.19. The zero-order valence-corrected chi connectivity index (χ0v) is 9.38. The fourth-order valence-corrected chi connectivity index (χ4v) is 1.66. The van der Waals surface area contributed by atoms with Crippen LogP contribution in [0.25, 0.3) is 11.1 Å². The quantitative estimate of drug-likeness (QED) is 0.804. The summed E-state index contributed by atoms with van der Waals surface area (Å²) in [5.74, 6) is -0.169. The van der Waals surface area contributed by atoms with Crippen molar-refractivity contribution in [1.29, 1.82) is 0 Å². The van der Waals surface area contributed by atoms with Crippen LogP contribution in [0, 0.1) is 0 Å². The molecule has 0 fully saturated rings. The molecule has 0 spiro atoms. The molecule has 0 aromatic heterocycles. The molecule has 0 amide bonds. The van der Waals surface area contributed by atoms with E-state index in [0.717, 1.165) is 11.1 Å². The van der Waals surface area contributed by atoms with Gasteiger partial charge in [-0.15, -0.1) is 0 Å². The second kappa shape index (κ2) is 4.70. The fourth-order valence-electron chi connectivity index (χ4n) is 1.66. The van der Waals surface area contributed by atoms with Gasteiger partial charge in [-0.1, -0.05) is 30.3 Å². The molecule has 3 nitrogen and oxygen atoms in total. The number of ether oxygens (including phenoxy) is 1. The number of benzene rings is 2. The maximum Gasteiger partial charge on any atom is 0.338 e. The number of phenols is 1. The summed E-state index contributed by atoms with van der Waals surface area (Å²) in [4.78, 5) is 11.6. The average molecular weight is 228 g/mol. The highest BCUT2D eigenvalue weighted by Gasteiger charge is 2.11. The standard InChI is InChI=1S/C14H12O3/c1-17-14(16)13-5-3-2-4-12(13)10-6-8-11(15)9-7-10/h2-9,15H,1H3. The van der Waals surface area contributed by atoms with Crippen LogP contribution in [0.15, 0.2) is 48.5 Å². The van der Waals surface area contributed by atoms with Crippen LogP contribution in [0.3, 0.4) is 0 Å². The molecule has 1 N–H and O–H groups in total. The minimum Gasteiger partial charge on any atom is -0.508 e. The van der Waals surface area contributed by atoms with Crippen molar-refractivity contribution in [3.63, 3.8) is 0 Å². The van der Waals surface area contributed by atoms with Gasteiger partial charge >= 0.3 is 5.97 Å². The average Bonchev–Trinajstić information content (AvgIpc) is 2.39. The Kier molecular flexibility index (Phi) is 3.10. The van der Waals surface area contributed by atoms with E-state index < -0.39 is 0 Å². The molecule has 0 aliphatic rings. The van der Waals surface area contributed by atoms with Crippen LogP contribution >= 0.6 is 0 Å². The minimum absolute atomic E-state index is 0.198. The maximum absolute atomic E-state index is 11.6. The lowest BCUT2D eigenvalue weighted by atomic mass is 10.00. The third-order valence-corrected chi connectivity index (χ3v) is 2.51. The van der Waals surface area contributed by atoms with Gasteiger partial charge in [0, 0.05) is 0 Å². The largest absolute Gasteiger partial charge is 0.508 e. The third kappa shape index (κ3) is 2.28. The highest BCUT2D eigenvalue weighted by molar-refractivity contribution is 5.97. The first-order chi connectivity index (χ1) is 8.22. The Morgan fingerprint density at radius 3 is 2.35 bits per heavy atom. The van der Waals surface area contributed by atoms with E-state index in [2.05, 4.69) is 0 Å². The molecule has 86 valence electrons. The number of aromatic hydroxyl groups is 1. The van der Waals surface area contributed by atoms with E-state index in [1.54, 1.807) is 36.4 Å². The molecule has 0 unspecified atom stereocenters. The topological polar surface area (TPSA) is 46.5 Å². The highest BCUT2D eigenvalue weighted by Crippen LogP contribution is 2.25. The fraction of sp³-hybridized carbons (Fsp3) is 0.0714. The maximum atomic E-state index is 11.6. The van der Waals surface area contributed by atoms with Crippen LogP contribution in [0.5, 0.6) is 5.75 Å². The van der Waals surface area contributed by atoms with Gasteiger partial charge in [0.1, 0.15) is 5.75 Å². The summed E-state index contributed by atoms with van der Waals surface area (Å²) in [6, 6.07) is 13.9. The number of hydrogen-bond acceptors (Lipinski definition) is 3. The van der Waals surface area contributed by atoms with Gasteiger partial charge in [0.2, 0.25) is 0 Å². The smallest absolute Gasteiger partial charge is 0.338 e. The monoisotopic (exact) mass is 228 g/mol. The molecule has 2 rings (SSSR count). The van der Waals surface area contributed by atoms with Gasteiger partial charge in [-0.2, -0.15) is 0 Å². The predicted molar refractivity (Wildman–Crippen MR) is 64.9 cm³/mol. The Morgan fingerprint density at radius 1 is 1.06 bits per heavy atom. The van der Waals surface area contributed by atoms with Crippen LogP contribution in [0.2, 0.25) is 0 Å². The number of rotatable bonds is 2. The van der Waals surface area contributed by atoms with Gasteiger partial charge in [-0.3, -0.25) is 0 Å². The van der Waals surface area contributed by atoms with Crippen molar-refractivity contribution in [3.8, 4) is 16.9 Å². The van der Waals surface area contributed by atoms with E-state index in [1.807, 2.05) is 12.1 Å². The van der Waals surface area contributed by atoms with Gasteiger partial charge in [0.25, 0.3) is 0 Å². The molecular formula is C14H12O3. The predicted octanol–water partition coefficient (Wildman–Crippen LogP) is 2.85. The van der Waals surface area contributed by atoms with Crippen molar-refractivity contribution in [2.75, 3.05) is 7.11 Å². The normalized spacial score (nSPS) is 9.94. The highest BCUT2D eigenvalue weighted by atomic mass is 16.5. The summed E-state index contributed by atoms with van der Waals surface area (Å²) < 4.78 is 4.73. The summed E-state index contributed by atoms with van der Waals surface area (Å²) in [6.45, 7) is 0. The Morgan fingerprint density at radius 2 is 1.71 bits per heavy atom. The summed E-state index contributed by atoms with van der Waals surface area (Å²) in [7, 11) is 1.36. The zero-order chi connectivity index (χ0) is 12.3. The second-order valence-corrected chi connectivity index (χ2v) is 3.58. The van der Waals surface area contributed by atoms with Crippen LogP contribution < -0.4 is 0 Å². The number of esters is 1. The van der Waals surface area contributed by atoms with Crippen molar-refractivity contribution in [2.24, 2.45) is 0 Å². The lowest BCUT2D eigenvalue weighted by Crippen LogP contribution is -2.03. The number of phenolic OH excluding ortho intramolecular Hbond substituents is 1. The van der Waals surface area contributed by atoms with Crippen LogP contribution in [0.4, 0.5) is 0 Å². The van der Waals surface area contributed by atoms with Gasteiger partial charge in [-0.25, -0.2) is 4.79 Å². The SMILES string of the molecule is COC(=O)c1ccccc1-c1ccc(O)cc1. The number of carbonyl (C=O) groups is 1. The molecule has 0 heterocycles. The van der Waals surface area contributed by atoms with Crippen molar-refractivity contribution in [3.05, 3.63) is 54.1 Å². The van der Waals surface area contributed by atoms with E-state index in [0.29, 0.717) is 5.56 Å². The zero-order valence-electron chi connectivity index (χ0n) is 9.38. The molecule has 0 saturated heterocycles. The molecule has 3 heteroatoms. The molecule has 0 radical (unpaired) electrons. The first kappa shape index (κ1) is 11.2. The number of methoxy groups -OCH3 is 1. The molecular weight excluding hydrogens is 216 g/mol. The third-order valence-electron chi connectivity index (χ3n) is 2.51. The molecule has 0 saturated carbocycles. The minimum atomic E-state index is -0.367. The summed E-state index contributed by atoms with van der Waals surface area (Å²) in [5, 5.41) is 9.24. The van der Waals surface area contributed by atoms with E-state index in [1.165, 1.54) is 7.11 Å². The van der Waals surface area contributed by atoms with Crippen LogP contribution in [0.1, 0.15) is 10.4 Å². The van der Waals surface area contributed by atoms with Gasteiger partial charge in [-0.05, 0) is 29.3 Å². The van der Waals surface area contributed by atoms with E-state index >= 15 is 0 Å². The van der Waals surface area contributed by atoms with Gasteiger partial charge in [0.15, 0.2) is 0 Å². The molecule has 17 heavy (non-hydrogen) atoms. The van der Waals surface area contributed by atoms with Gasteiger partial charge in [0.05, 0.1) is 12.7 Å². The Labute approximate surface area is 99.3 Å². The molecule has 0 atom stereocenters. The lowest BCUT2D eigenvalue weighted by molar-refractivity contribution is 0.0601. The van der Waals surface area contributed by atoms with Crippen molar-refractivity contribution in [2.45, 2.75) is 0 Å². The molecule has 0 aliphatic carbocycles. The van der Waals surface area contributed by atoms with Crippen LogP contribution in [-0.2, 0) is 4.74 Å². The number of hydrogen-bond donors (Lipinski definition) is 1. The summed E-state index contributed by atoms with van der Waals surface area (Å²) in [6.07, 6.45) is 0. The molecule has 0 aliphatic heterocycles. The Hall–Kier alpha value is -2.29. The molecule has 2 aromatic rings. The lowest BCUT2D eigenvalue weighted by Gasteiger charge is -2.07. The summed E-state index contributed by atoms with van der Waals surface area (Å²) in [5.41, 5.74) is 2.17. The van der Waals surface area contributed by atoms with Crippen molar-refractivity contribution in [1.82, 2.24) is 0 Å². The van der Waals surface area contributed by atoms with Crippen LogP contribution in [-0.4, -0.2) is 18.2 Å². The van der Waals surface area contributed by atoms with E-state index in [-0.39, 0.29) is 11.7 Å². The second-order valence-electron chi connectivity index (χ2n) is 3.58. The van der Waals surface area contributed by atoms with Gasteiger partial charge < -0.3 is 9.84 Å². The first-order valence-corrected chi connectivity index (χ1v) is 5.19.